The van der Waals surface area contributed by atoms with Crippen LogP contribution >= 0.6 is 24.8 Å². The number of fused-ring (bicyclic) bond motifs is 1. The van der Waals surface area contributed by atoms with E-state index in [1.54, 1.807) is 18.0 Å². The van der Waals surface area contributed by atoms with Crippen LogP contribution in [0.2, 0.25) is 0 Å². The molecule has 0 spiro atoms. The van der Waals surface area contributed by atoms with Crippen molar-refractivity contribution >= 4 is 30.7 Å². The molecule has 1 unspecified atom stereocenters. The molecular weight excluding hydrogens is 405 g/mol. The molecule has 0 aliphatic carbocycles. The molecule has 1 atom stereocenters. The summed E-state index contributed by atoms with van der Waals surface area (Å²) in [6, 6.07) is 5.51. The Labute approximate surface area is 177 Å². The summed E-state index contributed by atoms with van der Waals surface area (Å²) in [7, 11) is 1.75. The number of carbonyl (C=O) groups is 1. The van der Waals surface area contributed by atoms with E-state index in [1.165, 1.54) is 6.39 Å². The summed E-state index contributed by atoms with van der Waals surface area (Å²) >= 11 is 0. The molecule has 1 aromatic heterocycles. The van der Waals surface area contributed by atoms with Gasteiger partial charge < -0.3 is 24.5 Å². The van der Waals surface area contributed by atoms with Crippen LogP contribution < -0.4 is 15.2 Å². The number of ether oxygens (including phenoxy) is 2. The van der Waals surface area contributed by atoms with Crippen LogP contribution in [0.1, 0.15) is 30.8 Å². The summed E-state index contributed by atoms with van der Waals surface area (Å²) in [5.74, 6) is 1.93. The summed E-state index contributed by atoms with van der Waals surface area (Å²) in [6.07, 6.45) is 2.02. The molecule has 0 bridgehead atoms. The summed E-state index contributed by atoms with van der Waals surface area (Å²) in [4.78, 5) is 18.5. The molecule has 0 fully saturated rings. The van der Waals surface area contributed by atoms with Crippen LogP contribution in [-0.4, -0.2) is 48.6 Å². The standard InChI is InChI=1S/C19H25N3O4.2ClH/c1-12(2)14(20)6-7-22(3)19(23)17-18(26-11-21-17)13-4-5-15-16(10-13)25-9-8-24-15;;/h4-5,10-12,14H,6-9,20H2,1-3H3;2*1H. The first-order valence-corrected chi connectivity index (χ1v) is 8.82. The smallest absolute Gasteiger partial charge is 0.276 e. The van der Waals surface area contributed by atoms with Crippen LogP contribution in [0.3, 0.4) is 0 Å². The Morgan fingerprint density at radius 2 is 1.89 bits per heavy atom. The van der Waals surface area contributed by atoms with Crippen molar-refractivity contribution in [2.24, 2.45) is 11.7 Å². The van der Waals surface area contributed by atoms with E-state index < -0.39 is 0 Å². The summed E-state index contributed by atoms with van der Waals surface area (Å²) in [5.41, 5.74) is 7.08. The van der Waals surface area contributed by atoms with Crippen LogP contribution in [0, 0.1) is 5.92 Å². The molecule has 1 amide bonds. The average Bonchev–Trinajstić information content (AvgIpc) is 3.14. The van der Waals surface area contributed by atoms with Gasteiger partial charge in [-0.25, -0.2) is 4.98 Å². The minimum Gasteiger partial charge on any atom is -0.486 e. The third-order valence-electron chi connectivity index (χ3n) is 4.58. The summed E-state index contributed by atoms with van der Waals surface area (Å²) < 4.78 is 16.6. The first-order chi connectivity index (χ1) is 12.5. The van der Waals surface area contributed by atoms with Gasteiger partial charge in [-0.05, 0) is 30.5 Å². The number of rotatable bonds is 6. The zero-order valence-corrected chi connectivity index (χ0v) is 17.8. The topological polar surface area (TPSA) is 90.8 Å². The second-order valence-corrected chi connectivity index (χ2v) is 6.81. The lowest BCUT2D eigenvalue weighted by Gasteiger charge is -2.21. The molecule has 2 heterocycles. The van der Waals surface area contributed by atoms with Gasteiger partial charge in [0.15, 0.2) is 29.3 Å². The molecule has 3 rings (SSSR count). The Morgan fingerprint density at radius 1 is 1.21 bits per heavy atom. The molecule has 9 heteroatoms. The third-order valence-corrected chi connectivity index (χ3v) is 4.58. The highest BCUT2D eigenvalue weighted by atomic mass is 35.5. The molecule has 1 aromatic carbocycles. The maximum Gasteiger partial charge on any atom is 0.276 e. The fourth-order valence-electron chi connectivity index (χ4n) is 2.75. The van der Waals surface area contributed by atoms with Gasteiger partial charge in [-0.15, -0.1) is 24.8 Å². The lowest BCUT2D eigenvalue weighted by atomic mass is 10.0. The molecule has 1 aliphatic rings. The van der Waals surface area contributed by atoms with Gasteiger partial charge in [0.05, 0.1) is 0 Å². The zero-order chi connectivity index (χ0) is 18.7. The van der Waals surface area contributed by atoms with E-state index in [0.29, 0.717) is 42.9 Å². The second-order valence-electron chi connectivity index (χ2n) is 6.81. The van der Waals surface area contributed by atoms with E-state index in [2.05, 4.69) is 18.8 Å². The number of carbonyl (C=O) groups excluding carboxylic acids is 1. The van der Waals surface area contributed by atoms with E-state index in [4.69, 9.17) is 19.6 Å². The van der Waals surface area contributed by atoms with Gasteiger partial charge in [0.25, 0.3) is 5.91 Å². The average molecular weight is 432 g/mol. The van der Waals surface area contributed by atoms with Gasteiger partial charge in [-0.2, -0.15) is 0 Å². The minimum atomic E-state index is -0.195. The van der Waals surface area contributed by atoms with Crippen molar-refractivity contribution in [2.45, 2.75) is 26.3 Å². The lowest BCUT2D eigenvalue weighted by Crippen LogP contribution is -2.35. The Morgan fingerprint density at radius 3 is 2.57 bits per heavy atom. The Hall–Kier alpha value is -1.96. The first kappa shape index (κ1) is 24.1. The number of nitrogens with zero attached hydrogens (tertiary/aromatic N) is 2. The fraction of sp³-hybridized carbons (Fsp3) is 0.474. The van der Waals surface area contributed by atoms with E-state index in [9.17, 15) is 4.79 Å². The van der Waals surface area contributed by atoms with Crippen LogP contribution in [0.4, 0.5) is 0 Å². The van der Waals surface area contributed by atoms with Crippen molar-refractivity contribution in [1.29, 1.82) is 0 Å². The molecule has 0 saturated carbocycles. The summed E-state index contributed by atoms with van der Waals surface area (Å²) in [5, 5.41) is 0. The molecule has 0 radical (unpaired) electrons. The number of hydrogen-bond donors (Lipinski definition) is 1. The number of oxazole rings is 1. The van der Waals surface area contributed by atoms with E-state index in [1.807, 2.05) is 12.1 Å². The van der Waals surface area contributed by atoms with Gasteiger partial charge in [-0.3, -0.25) is 4.79 Å². The highest BCUT2D eigenvalue weighted by Crippen LogP contribution is 2.35. The molecular formula is C19H27Cl2N3O4. The van der Waals surface area contributed by atoms with Crippen molar-refractivity contribution in [3.63, 3.8) is 0 Å². The SMILES string of the molecule is CC(C)C(N)CCN(C)C(=O)c1ncoc1-c1ccc2c(c1)OCCO2.Cl.Cl. The van der Waals surface area contributed by atoms with Gasteiger partial charge >= 0.3 is 0 Å². The van der Waals surface area contributed by atoms with Gasteiger partial charge in [0.2, 0.25) is 0 Å². The highest BCUT2D eigenvalue weighted by molar-refractivity contribution is 5.97. The second kappa shape index (κ2) is 10.5. The van der Waals surface area contributed by atoms with Crippen molar-refractivity contribution in [3.8, 4) is 22.8 Å². The number of nitrogens with two attached hydrogens (primary N) is 1. The van der Waals surface area contributed by atoms with Crippen molar-refractivity contribution < 1.29 is 18.7 Å². The Balaban J connectivity index is 0.00000196. The number of benzene rings is 1. The normalized spacial score (nSPS) is 13.3. The Bertz CT molecular complexity index is 782. The highest BCUT2D eigenvalue weighted by Gasteiger charge is 2.23. The van der Waals surface area contributed by atoms with Crippen molar-refractivity contribution in [1.82, 2.24) is 9.88 Å². The quantitative estimate of drug-likeness (QED) is 0.753. The number of halogens is 2. The maximum atomic E-state index is 12.8. The predicted molar refractivity (Wildman–Crippen MR) is 112 cm³/mol. The van der Waals surface area contributed by atoms with Crippen LogP contribution in [0.25, 0.3) is 11.3 Å². The number of amides is 1. The Kier molecular flexibility index (Phi) is 9.07. The van der Waals surface area contributed by atoms with Gasteiger partial charge in [-0.1, -0.05) is 13.8 Å². The molecule has 7 nitrogen and oxygen atoms in total. The van der Waals surface area contributed by atoms with E-state index >= 15 is 0 Å². The zero-order valence-electron chi connectivity index (χ0n) is 16.2. The molecule has 2 N–H and O–H groups in total. The summed E-state index contributed by atoms with van der Waals surface area (Å²) in [6.45, 7) is 5.74. The number of hydrogen-bond acceptors (Lipinski definition) is 6. The van der Waals surface area contributed by atoms with Crippen LogP contribution in [-0.2, 0) is 0 Å². The van der Waals surface area contributed by atoms with Gasteiger partial charge in [0, 0.05) is 25.2 Å². The van der Waals surface area contributed by atoms with E-state index in [-0.39, 0.29) is 42.5 Å². The van der Waals surface area contributed by atoms with Crippen LogP contribution in [0.5, 0.6) is 11.5 Å². The minimum absolute atomic E-state index is 0. The largest absolute Gasteiger partial charge is 0.486 e. The van der Waals surface area contributed by atoms with E-state index in [0.717, 1.165) is 12.0 Å². The molecule has 0 saturated heterocycles. The monoisotopic (exact) mass is 431 g/mol. The fourth-order valence-corrected chi connectivity index (χ4v) is 2.75. The predicted octanol–water partition coefficient (Wildman–Crippen LogP) is 3.40. The van der Waals surface area contributed by atoms with Gasteiger partial charge in [0.1, 0.15) is 13.2 Å². The first-order valence-electron chi connectivity index (χ1n) is 8.82. The molecule has 156 valence electrons. The van der Waals surface area contributed by atoms with Crippen molar-refractivity contribution in [2.75, 3.05) is 26.8 Å². The van der Waals surface area contributed by atoms with Crippen molar-refractivity contribution in [3.05, 3.63) is 30.3 Å². The van der Waals surface area contributed by atoms with Crippen LogP contribution in [0.15, 0.2) is 29.0 Å². The molecule has 28 heavy (non-hydrogen) atoms. The number of aromatic nitrogens is 1. The lowest BCUT2D eigenvalue weighted by molar-refractivity contribution is 0.0784. The maximum absolute atomic E-state index is 12.8. The third kappa shape index (κ3) is 5.31. The molecule has 1 aliphatic heterocycles. The molecule has 2 aromatic rings.